The number of hydrogen-bond acceptors (Lipinski definition) is 5. The Labute approximate surface area is 133 Å². The lowest BCUT2D eigenvalue weighted by molar-refractivity contribution is -0.156. The fourth-order valence-corrected chi connectivity index (χ4v) is 2.49. The minimum absolute atomic E-state index is 0.171. The molecule has 0 bridgehead atoms. The summed E-state index contributed by atoms with van der Waals surface area (Å²) in [6.45, 7) is 13.6. The van der Waals surface area contributed by atoms with Gasteiger partial charge in [0.25, 0.3) is 0 Å². The highest BCUT2D eigenvalue weighted by atomic mass is 16.6. The molecule has 0 aliphatic carbocycles. The molecule has 6 heteroatoms. The predicted molar refractivity (Wildman–Crippen MR) is 84.6 cm³/mol. The van der Waals surface area contributed by atoms with Crippen molar-refractivity contribution in [2.24, 2.45) is 0 Å². The Balaban J connectivity index is 2.64. The van der Waals surface area contributed by atoms with E-state index in [2.05, 4.69) is 10.6 Å². The van der Waals surface area contributed by atoms with E-state index in [0.29, 0.717) is 0 Å². The summed E-state index contributed by atoms with van der Waals surface area (Å²) in [6.07, 6.45) is 0.486. The van der Waals surface area contributed by atoms with Gasteiger partial charge in [0, 0.05) is 5.54 Å². The first kappa shape index (κ1) is 18.7. The van der Waals surface area contributed by atoms with Crippen molar-refractivity contribution in [2.75, 3.05) is 6.54 Å². The summed E-state index contributed by atoms with van der Waals surface area (Å²) >= 11 is 0. The van der Waals surface area contributed by atoms with Crippen molar-refractivity contribution < 1.29 is 19.1 Å². The quantitative estimate of drug-likeness (QED) is 0.782. The number of esters is 1. The van der Waals surface area contributed by atoms with Crippen LogP contribution in [-0.4, -0.2) is 41.4 Å². The Kier molecular flexibility index (Phi) is 5.49. The van der Waals surface area contributed by atoms with E-state index in [9.17, 15) is 9.59 Å². The molecule has 128 valence electrons. The van der Waals surface area contributed by atoms with E-state index < -0.39 is 22.8 Å². The number of carbonyl (C=O) groups excluding carboxylic acids is 2. The molecule has 1 saturated heterocycles. The fourth-order valence-electron chi connectivity index (χ4n) is 2.49. The van der Waals surface area contributed by atoms with E-state index in [-0.39, 0.29) is 18.4 Å². The number of alkyl carbamates (subject to hydrolysis) is 1. The van der Waals surface area contributed by atoms with Gasteiger partial charge in [-0.25, -0.2) is 4.79 Å². The van der Waals surface area contributed by atoms with E-state index in [1.807, 2.05) is 48.5 Å². The zero-order chi connectivity index (χ0) is 17.2. The largest absolute Gasteiger partial charge is 0.460 e. The molecular weight excluding hydrogens is 284 g/mol. The molecule has 0 aromatic heterocycles. The Morgan fingerprint density at radius 1 is 1.14 bits per heavy atom. The summed E-state index contributed by atoms with van der Waals surface area (Å²) in [6, 6.07) is -0.171. The molecule has 1 aliphatic rings. The number of amides is 1. The van der Waals surface area contributed by atoms with Gasteiger partial charge in [-0.05, 0) is 61.4 Å². The zero-order valence-electron chi connectivity index (χ0n) is 14.8. The van der Waals surface area contributed by atoms with Crippen molar-refractivity contribution in [3.05, 3.63) is 0 Å². The molecule has 0 aromatic carbocycles. The van der Waals surface area contributed by atoms with Gasteiger partial charge in [-0.3, -0.25) is 4.79 Å². The summed E-state index contributed by atoms with van der Waals surface area (Å²) in [4.78, 5) is 24.0. The van der Waals surface area contributed by atoms with Gasteiger partial charge < -0.3 is 20.1 Å². The van der Waals surface area contributed by atoms with E-state index in [1.165, 1.54) is 0 Å². The van der Waals surface area contributed by atoms with Crippen molar-refractivity contribution in [1.82, 2.24) is 10.6 Å². The van der Waals surface area contributed by atoms with Crippen LogP contribution < -0.4 is 10.6 Å². The predicted octanol–water partition coefficient (Wildman–Crippen LogP) is 2.36. The van der Waals surface area contributed by atoms with Crippen LogP contribution in [0.1, 0.15) is 61.3 Å². The summed E-state index contributed by atoms with van der Waals surface area (Å²) in [5, 5.41) is 6.16. The van der Waals surface area contributed by atoms with Crippen molar-refractivity contribution in [2.45, 2.75) is 84.1 Å². The van der Waals surface area contributed by atoms with Crippen LogP contribution in [0, 0.1) is 0 Å². The van der Waals surface area contributed by atoms with Crippen LogP contribution in [0.3, 0.4) is 0 Å². The number of hydrogen-bond donors (Lipinski definition) is 2. The first-order chi connectivity index (χ1) is 9.81. The molecule has 1 heterocycles. The average molecular weight is 314 g/mol. The molecule has 0 unspecified atom stereocenters. The van der Waals surface area contributed by atoms with Crippen LogP contribution in [0.4, 0.5) is 4.79 Å². The van der Waals surface area contributed by atoms with E-state index in [0.717, 1.165) is 13.0 Å². The van der Waals surface area contributed by atoms with Crippen LogP contribution in [-0.2, 0) is 14.3 Å². The second-order valence-electron chi connectivity index (χ2n) is 8.09. The molecule has 1 fully saturated rings. The lowest BCUT2D eigenvalue weighted by atomic mass is 9.90. The molecule has 0 saturated carbocycles. The maximum Gasteiger partial charge on any atom is 0.407 e. The van der Waals surface area contributed by atoms with E-state index >= 15 is 0 Å². The van der Waals surface area contributed by atoms with Crippen LogP contribution in [0.25, 0.3) is 0 Å². The Bertz CT molecular complexity index is 423. The van der Waals surface area contributed by atoms with Crippen molar-refractivity contribution in [3.63, 3.8) is 0 Å². The van der Waals surface area contributed by atoms with Crippen LogP contribution in [0.2, 0.25) is 0 Å². The molecule has 2 N–H and O–H groups in total. The van der Waals surface area contributed by atoms with E-state index in [1.54, 1.807) is 0 Å². The second-order valence-corrected chi connectivity index (χ2v) is 8.09. The van der Waals surface area contributed by atoms with Crippen molar-refractivity contribution >= 4 is 12.1 Å². The van der Waals surface area contributed by atoms with Crippen LogP contribution in [0.5, 0.6) is 0 Å². The molecule has 2 atom stereocenters. The highest BCUT2D eigenvalue weighted by Gasteiger charge is 2.42. The van der Waals surface area contributed by atoms with Gasteiger partial charge in [0.2, 0.25) is 0 Å². The molecule has 0 radical (unpaired) electrons. The lowest BCUT2D eigenvalue weighted by Crippen LogP contribution is -2.55. The molecule has 22 heavy (non-hydrogen) atoms. The van der Waals surface area contributed by atoms with E-state index in [4.69, 9.17) is 9.47 Å². The van der Waals surface area contributed by atoms with Gasteiger partial charge in [0.1, 0.15) is 11.2 Å². The monoisotopic (exact) mass is 314 g/mol. The summed E-state index contributed by atoms with van der Waals surface area (Å²) < 4.78 is 10.7. The SMILES string of the molecule is CC(C)(C)OC(=O)C[C@@]1(C)NCC[C@@H]1NC(=O)OC(C)(C)C. The summed E-state index contributed by atoms with van der Waals surface area (Å²) in [7, 11) is 0. The maximum absolute atomic E-state index is 12.1. The Morgan fingerprint density at radius 3 is 2.18 bits per heavy atom. The van der Waals surface area contributed by atoms with Gasteiger partial charge in [-0.15, -0.1) is 0 Å². The minimum atomic E-state index is -0.544. The van der Waals surface area contributed by atoms with Crippen LogP contribution >= 0.6 is 0 Å². The minimum Gasteiger partial charge on any atom is -0.460 e. The molecule has 1 amide bonds. The lowest BCUT2D eigenvalue weighted by Gasteiger charge is -2.33. The Morgan fingerprint density at radius 2 is 1.68 bits per heavy atom. The van der Waals surface area contributed by atoms with Gasteiger partial charge in [-0.1, -0.05) is 0 Å². The Hall–Kier alpha value is -1.30. The highest BCUT2D eigenvalue weighted by Crippen LogP contribution is 2.25. The molecule has 0 spiro atoms. The third-order valence-electron chi connectivity index (χ3n) is 3.35. The third kappa shape index (κ3) is 6.22. The summed E-state index contributed by atoms with van der Waals surface area (Å²) in [5.41, 5.74) is -1.59. The number of nitrogens with one attached hydrogen (secondary N) is 2. The van der Waals surface area contributed by atoms with Crippen LogP contribution in [0.15, 0.2) is 0 Å². The van der Waals surface area contributed by atoms with Gasteiger partial charge >= 0.3 is 12.1 Å². The first-order valence-electron chi connectivity index (χ1n) is 7.77. The van der Waals surface area contributed by atoms with Gasteiger partial charge in [0.05, 0.1) is 12.5 Å². The van der Waals surface area contributed by atoms with Gasteiger partial charge in [-0.2, -0.15) is 0 Å². The van der Waals surface area contributed by atoms with Gasteiger partial charge in [0.15, 0.2) is 0 Å². The van der Waals surface area contributed by atoms with Crippen molar-refractivity contribution in [3.8, 4) is 0 Å². The van der Waals surface area contributed by atoms with Crippen molar-refractivity contribution in [1.29, 1.82) is 0 Å². The summed E-state index contributed by atoms with van der Waals surface area (Å²) in [5.74, 6) is -0.277. The third-order valence-corrected chi connectivity index (χ3v) is 3.35. The number of rotatable bonds is 3. The highest BCUT2D eigenvalue weighted by molar-refractivity contribution is 5.72. The normalized spacial score (nSPS) is 25.7. The molecule has 1 rings (SSSR count). The average Bonchev–Trinajstić information content (AvgIpc) is 2.53. The zero-order valence-corrected chi connectivity index (χ0v) is 14.8. The topological polar surface area (TPSA) is 76.7 Å². The first-order valence-corrected chi connectivity index (χ1v) is 7.77. The smallest absolute Gasteiger partial charge is 0.407 e. The molecule has 0 aromatic rings. The molecule has 1 aliphatic heterocycles. The fraction of sp³-hybridized carbons (Fsp3) is 0.875. The number of carbonyl (C=O) groups is 2. The maximum atomic E-state index is 12.1. The molecule has 6 nitrogen and oxygen atoms in total. The second kappa shape index (κ2) is 6.44. The molecular formula is C16H30N2O4. The number of ether oxygens (including phenoxy) is 2. The standard InChI is InChI=1S/C16H30N2O4/c1-14(2,3)21-12(19)10-16(7)11(8-9-17-16)18-13(20)22-15(4,5)6/h11,17H,8-10H2,1-7H3,(H,18,20)/t11-,16+/m0/s1.